The molecule has 0 aliphatic carbocycles. The number of phenols is 1. The molecule has 0 unspecified atom stereocenters. The highest BCUT2D eigenvalue weighted by Crippen LogP contribution is 2.32. The first-order valence-electron chi connectivity index (χ1n) is 7.95. The van der Waals surface area contributed by atoms with Gasteiger partial charge >= 0.3 is 0 Å². The molecule has 0 saturated carbocycles. The number of ether oxygens (including phenoxy) is 1. The zero-order valence-corrected chi connectivity index (χ0v) is 13.3. The lowest BCUT2D eigenvalue weighted by molar-refractivity contribution is 0.335. The summed E-state index contributed by atoms with van der Waals surface area (Å²) in [5.74, 6) is 0.721. The number of fused-ring (bicyclic) bond motifs is 1. The number of hydrogen-bond donors (Lipinski definition) is 1. The Morgan fingerprint density at radius 2 is 2.04 bits per heavy atom. The van der Waals surface area contributed by atoms with Crippen molar-refractivity contribution in [1.82, 2.24) is 0 Å². The zero-order chi connectivity index (χ0) is 16.1. The van der Waals surface area contributed by atoms with E-state index in [-0.39, 0.29) is 5.75 Å². The number of allylic oxidation sites excluding steroid dienone is 1. The monoisotopic (exact) mass is 307 g/mol. The van der Waals surface area contributed by atoms with E-state index in [1.54, 1.807) is 6.07 Å². The van der Waals surface area contributed by atoms with Gasteiger partial charge in [-0.2, -0.15) is 0 Å². The van der Waals surface area contributed by atoms with E-state index in [2.05, 4.69) is 17.1 Å². The summed E-state index contributed by atoms with van der Waals surface area (Å²) in [6.07, 6.45) is 5.52. The van der Waals surface area contributed by atoms with E-state index in [0.717, 1.165) is 30.7 Å². The van der Waals surface area contributed by atoms with Crippen LogP contribution in [0.5, 0.6) is 11.5 Å². The van der Waals surface area contributed by atoms with Crippen LogP contribution in [-0.2, 0) is 12.8 Å². The molecule has 2 aromatic rings. The fourth-order valence-electron chi connectivity index (χ4n) is 2.77. The van der Waals surface area contributed by atoms with E-state index in [4.69, 9.17) is 4.74 Å². The van der Waals surface area contributed by atoms with Crippen LogP contribution in [0.3, 0.4) is 0 Å². The van der Waals surface area contributed by atoms with E-state index >= 15 is 0 Å². The summed E-state index contributed by atoms with van der Waals surface area (Å²) in [5.41, 5.74) is 4.50. The zero-order valence-electron chi connectivity index (χ0n) is 13.3. The van der Waals surface area contributed by atoms with Gasteiger partial charge in [-0.3, -0.25) is 4.99 Å². The predicted molar refractivity (Wildman–Crippen MR) is 93.7 cm³/mol. The van der Waals surface area contributed by atoms with E-state index in [1.165, 1.54) is 11.1 Å². The maximum absolute atomic E-state index is 10.2. The summed E-state index contributed by atoms with van der Waals surface area (Å²) >= 11 is 0. The molecule has 1 heterocycles. The number of aliphatic imine (C=N–C) groups is 1. The van der Waals surface area contributed by atoms with Gasteiger partial charge < -0.3 is 9.84 Å². The van der Waals surface area contributed by atoms with Crippen LogP contribution in [0.1, 0.15) is 23.6 Å². The second kappa shape index (κ2) is 7.14. The summed E-state index contributed by atoms with van der Waals surface area (Å²) in [6, 6.07) is 14.0. The van der Waals surface area contributed by atoms with Crippen LogP contribution in [-0.4, -0.2) is 24.0 Å². The molecule has 1 aliphatic heterocycles. The first-order valence-corrected chi connectivity index (χ1v) is 7.95. The van der Waals surface area contributed by atoms with Crippen LogP contribution in [0.15, 0.2) is 59.6 Å². The molecule has 0 fully saturated rings. The number of phenolic OH excluding ortho intramolecular Hbond substituents is 1. The van der Waals surface area contributed by atoms with Crippen molar-refractivity contribution in [3.05, 3.63) is 71.3 Å². The number of hydrogen-bond acceptors (Lipinski definition) is 3. The second-order valence-corrected chi connectivity index (χ2v) is 5.60. The second-order valence-electron chi connectivity index (χ2n) is 5.60. The summed E-state index contributed by atoms with van der Waals surface area (Å²) in [4.78, 5) is 4.67. The molecule has 0 spiro atoms. The number of aromatic hydroxyl groups is 1. The average molecular weight is 307 g/mol. The van der Waals surface area contributed by atoms with Crippen molar-refractivity contribution in [2.24, 2.45) is 4.99 Å². The Bertz CT molecular complexity index is 733. The minimum Gasteiger partial charge on any atom is -0.504 e. The maximum Gasteiger partial charge on any atom is 0.161 e. The molecule has 1 N–H and O–H groups in total. The Labute approximate surface area is 137 Å². The Kier molecular flexibility index (Phi) is 4.77. The third kappa shape index (κ3) is 3.62. The molecular weight excluding hydrogens is 286 g/mol. The average Bonchev–Trinajstić information content (AvgIpc) is 2.57. The first kappa shape index (κ1) is 15.3. The van der Waals surface area contributed by atoms with E-state index < -0.39 is 0 Å². The SMILES string of the molecule is C/C=C/COc1cc2c(cc1O)C(Cc1ccccc1)=NCC2. The van der Waals surface area contributed by atoms with Crippen LogP contribution >= 0.6 is 0 Å². The summed E-state index contributed by atoms with van der Waals surface area (Å²) in [5, 5.41) is 10.2. The van der Waals surface area contributed by atoms with Gasteiger partial charge in [0, 0.05) is 24.2 Å². The molecule has 3 rings (SSSR count). The van der Waals surface area contributed by atoms with Gasteiger partial charge in [-0.25, -0.2) is 0 Å². The number of rotatable bonds is 5. The Balaban J connectivity index is 1.85. The third-order valence-corrected chi connectivity index (χ3v) is 3.96. The quantitative estimate of drug-likeness (QED) is 0.850. The third-order valence-electron chi connectivity index (χ3n) is 3.96. The van der Waals surface area contributed by atoms with Crippen molar-refractivity contribution in [2.75, 3.05) is 13.2 Å². The van der Waals surface area contributed by atoms with Gasteiger partial charge in [-0.15, -0.1) is 0 Å². The van der Waals surface area contributed by atoms with E-state index in [0.29, 0.717) is 12.4 Å². The van der Waals surface area contributed by atoms with Gasteiger partial charge in [0.15, 0.2) is 11.5 Å². The normalized spacial score (nSPS) is 13.7. The van der Waals surface area contributed by atoms with Crippen LogP contribution in [0.4, 0.5) is 0 Å². The van der Waals surface area contributed by atoms with Gasteiger partial charge in [0.25, 0.3) is 0 Å². The van der Waals surface area contributed by atoms with E-state index in [1.807, 2.05) is 43.3 Å². The van der Waals surface area contributed by atoms with Gasteiger partial charge in [0.2, 0.25) is 0 Å². The standard InChI is InChI=1S/C20H21NO2/c1-2-3-11-23-20-13-16-9-10-21-18(17(16)14-19(20)22)12-15-7-5-4-6-8-15/h2-8,13-14,22H,9-12H2,1H3/b3-2+. The Morgan fingerprint density at radius 1 is 1.22 bits per heavy atom. The lowest BCUT2D eigenvalue weighted by Gasteiger charge is -2.19. The molecule has 0 radical (unpaired) electrons. The molecule has 118 valence electrons. The molecule has 0 bridgehead atoms. The van der Waals surface area contributed by atoms with Crippen LogP contribution in [0.2, 0.25) is 0 Å². The molecule has 3 nitrogen and oxygen atoms in total. The summed E-state index contributed by atoms with van der Waals surface area (Å²) in [7, 11) is 0. The fourth-order valence-corrected chi connectivity index (χ4v) is 2.77. The largest absolute Gasteiger partial charge is 0.504 e. The predicted octanol–water partition coefficient (Wildman–Crippen LogP) is 3.94. The summed E-state index contributed by atoms with van der Waals surface area (Å²) < 4.78 is 5.62. The maximum atomic E-state index is 10.2. The van der Waals surface area contributed by atoms with Crippen molar-refractivity contribution in [2.45, 2.75) is 19.8 Å². The molecule has 23 heavy (non-hydrogen) atoms. The minimum absolute atomic E-state index is 0.177. The van der Waals surface area contributed by atoms with Crippen LogP contribution in [0.25, 0.3) is 0 Å². The van der Waals surface area contributed by atoms with Crippen molar-refractivity contribution in [1.29, 1.82) is 0 Å². The van der Waals surface area contributed by atoms with Crippen molar-refractivity contribution in [3.63, 3.8) is 0 Å². The lowest BCUT2D eigenvalue weighted by Crippen LogP contribution is -2.15. The number of benzene rings is 2. The fraction of sp³-hybridized carbons (Fsp3) is 0.250. The molecule has 2 aromatic carbocycles. The van der Waals surface area contributed by atoms with Crippen LogP contribution in [0, 0.1) is 0 Å². The van der Waals surface area contributed by atoms with Crippen molar-refractivity contribution >= 4 is 5.71 Å². The topological polar surface area (TPSA) is 41.8 Å². The Hall–Kier alpha value is -2.55. The van der Waals surface area contributed by atoms with Gasteiger partial charge in [-0.05, 0) is 36.6 Å². The molecule has 0 amide bonds. The van der Waals surface area contributed by atoms with Gasteiger partial charge in [0.1, 0.15) is 6.61 Å². The lowest BCUT2D eigenvalue weighted by atomic mass is 9.93. The molecule has 0 aromatic heterocycles. The Morgan fingerprint density at radius 3 is 2.83 bits per heavy atom. The first-order chi connectivity index (χ1) is 11.3. The van der Waals surface area contributed by atoms with Gasteiger partial charge in [-0.1, -0.05) is 42.5 Å². The minimum atomic E-state index is 0.177. The molecule has 0 saturated heterocycles. The highest BCUT2D eigenvalue weighted by Gasteiger charge is 2.18. The highest BCUT2D eigenvalue weighted by atomic mass is 16.5. The van der Waals surface area contributed by atoms with E-state index in [9.17, 15) is 5.11 Å². The molecule has 0 atom stereocenters. The number of nitrogens with zero attached hydrogens (tertiary/aromatic N) is 1. The van der Waals surface area contributed by atoms with Crippen LogP contribution < -0.4 is 4.74 Å². The molecule has 1 aliphatic rings. The van der Waals surface area contributed by atoms with Crippen molar-refractivity contribution in [3.8, 4) is 11.5 Å². The summed E-state index contributed by atoms with van der Waals surface area (Å²) in [6.45, 7) is 3.20. The highest BCUT2D eigenvalue weighted by molar-refractivity contribution is 6.04. The molecule has 3 heteroatoms. The van der Waals surface area contributed by atoms with Crippen molar-refractivity contribution < 1.29 is 9.84 Å². The smallest absolute Gasteiger partial charge is 0.161 e. The molecular formula is C20H21NO2. The van der Waals surface area contributed by atoms with Gasteiger partial charge in [0.05, 0.1) is 0 Å².